The number of nitrogens with two attached hydrogens (primary N) is 1. The number of nitrogens with one attached hydrogen (secondary N) is 2. The van der Waals surface area contributed by atoms with E-state index in [0.29, 0.717) is 0 Å². The smallest absolute Gasteiger partial charge is 0.481 e. The number of amides is 2. The number of fused-ring (bicyclic) bond motifs is 1. The second-order valence-corrected chi connectivity index (χ2v) is 17.2. The van der Waals surface area contributed by atoms with Gasteiger partial charge in [-0.15, -0.1) is 0 Å². The molecule has 0 spiro atoms. The van der Waals surface area contributed by atoms with Crippen LogP contribution in [0, 0.1) is 5.41 Å². The second kappa shape index (κ2) is 18.8. The fourth-order valence-electron chi connectivity index (χ4n) is 4.47. The van der Waals surface area contributed by atoms with E-state index in [2.05, 4.69) is 34.4 Å². The third-order valence-corrected chi connectivity index (χ3v) is 11.0. The molecule has 1 aliphatic heterocycles. The minimum atomic E-state index is -5.59. The monoisotopic (exact) mass is 853 g/mol. The fourth-order valence-corrected chi connectivity index (χ4v) is 7.96. The van der Waals surface area contributed by atoms with E-state index in [1.807, 2.05) is 0 Å². The Hall–Kier alpha value is -2.97. The molecule has 11 N–H and O–H groups in total. The highest BCUT2D eigenvalue weighted by molar-refractivity contribution is 8.13. The zero-order valence-electron chi connectivity index (χ0n) is 28.1. The fraction of sp³-hybridized carbons (Fsp3) is 0.625. The largest absolute Gasteiger partial charge is 0.481 e. The Kier molecular flexibility index (Phi) is 15.8. The summed E-state index contributed by atoms with van der Waals surface area (Å²) >= 11 is 0.718. The SMILES string of the molecule is CC(C)(COP(=O)(O)OP(=O)(O)OC[C@@H]1O[C@H](n2cnc3c(N)ncnc32)[C@H](O)[C@@H]1OP(=O)(O)O)[C@H](O)C(=O)NCCC(=O)NCCSC(=O)CC(=O)O. The van der Waals surface area contributed by atoms with Crippen LogP contribution in [0.5, 0.6) is 0 Å². The maximum absolute atomic E-state index is 12.6. The van der Waals surface area contributed by atoms with E-state index in [4.69, 9.17) is 24.6 Å². The number of rotatable bonds is 21. The molecule has 0 aliphatic carbocycles. The van der Waals surface area contributed by atoms with Crippen molar-refractivity contribution in [1.82, 2.24) is 30.2 Å². The minimum absolute atomic E-state index is 0.0185. The number of hydrogen-bond donors (Lipinski definition) is 10. The lowest BCUT2D eigenvalue weighted by Crippen LogP contribution is -2.46. The lowest BCUT2D eigenvalue weighted by Gasteiger charge is -2.30. The number of phosphoric acid groups is 3. The van der Waals surface area contributed by atoms with Crippen molar-refractivity contribution in [3.63, 3.8) is 0 Å². The number of aliphatic hydroxyl groups is 2. The maximum Gasteiger partial charge on any atom is 0.481 e. The van der Waals surface area contributed by atoms with Crippen LogP contribution in [0.4, 0.5) is 5.82 Å². The average Bonchev–Trinajstić information content (AvgIpc) is 3.60. The molecule has 1 aliphatic rings. The maximum atomic E-state index is 12.6. The number of aromatic nitrogens is 4. The number of ether oxygens (including phenoxy) is 1. The normalized spacial score (nSPS) is 21.9. The minimum Gasteiger partial charge on any atom is -0.481 e. The molecule has 0 bridgehead atoms. The van der Waals surface area contributed by atoms with Crippen molar-refractivity contribution in [2.45, 2.75) is 57.3 Å². The Labute approximate surface area is 308 Å². The summed E-state index contributed by atoms with van der Waals surface area (Å²) in [6.45, 7) is 0.132. The molecule has 26 nitrogen and oxygen atoms in total. The molecule has 304 valence electrons. The third kappa shape index (κ3) is 13.6. The molecule has 7 atom stereocenters. The highest BCUT2D eigenvalue weighted by Gasteiger charge is 2.50. The molecule has 54 heavy (non-hydrogen) atoms. The van der Waals surface area contributed by atoms with Gasteiger partial charge in [0.25, 0.3) is 0 Å². The van der Waals surface area contributed by atoms with E-state index in [1.165, 1.54) is 13.8 Å². The number of carbonyl (C=O) groups is 4. The highest BCUT2D eigenvalue weighted by atomic mass is 32.2. The van der Waals surface area contributed by atoms with Gasteiger partial charge in [0.1, 0.15) is 42.7 Å². The lowest BCUT2D eigenvalue weighted by atomic mass is 9.87. The first-order valence-electron chi connectivity index (χ1n) is 15.2. The summed E-state index contributed by atoms with van der Waals surface area (Å²) in [4.78, 5) is 97.0. The average molecular weight is 854 g/mol. The molecule has 0 radical (unpaired) electrons. The van der Waals surface area contributed by atoms with Gasteiger partial charge < -0.3 is 56.0 Å². The molecule has 2 aromatic heterocycles. The predicted octanol–water partition coefficient (Wildman–Crippen LogP) is -1.86. The molecule has 2 unspecified atom stereocenters. The molecule has 1 fully saturated rings. The lowest BCUT2D eigenvalue weighted by molar-refractivity contribution is -0.139. The first-order chi connectivity index (χ1) is 24.9. The second-order valence-electron chi connectivity index (χ2n) is 11.9. The topological polar surface area (TPSA) is 401 Å². The van der Waals surface area contributed by atoms with Gasteiger partial charge in [-0.2, -0.15) is 4.31 Å². The van der Waals surface area contributed by atoms with Gasteiger partial charge in [0.2, 0.25) is 11.8 Å². The first-order valence-corrected chi connectivity index (χ1v) is 20.7. The van der Waals surface area contributed by atoms with Crippen LogP contribution in [-0.4, -0.2) is 134 Å². The number of hydrogen-bond acceptors (Lipinski definition) is 19. The van der Waals surface area contributed by atoms with Crippen LogP contribution < -0.4 is 16.4 Å². The Balaban J connectivity index is 1.51. The number of aliphatic carboxylic acids is 1. The Morgan fingerprint density at radius 2 is 1.72 bits per heavy atom. The van der Waals surface area contributed by atoms with Crippen LogP contribution in [0.2, 0.25) is 0 Å². The van der Waals surface area contributed by atoms with Gasteiger partial charge in [0.15, 0.2) is 22.8 Å². The summed E-state index contributed by atoms with van der Waals surface area (Å²) in [7, 11) is -16.4. The van der Waals surface area contributed by atoms with E-state index in [0.717, 1.165) is 29.0 Å². The molecule has 30 heteroatoms. The summed E-state index contributed by atoms with van der Waals surface area (Å²) in [5.74, 6) is -2.80. The van der Waals surface area contributed by atoms with Gasteiger partial charge in [-0.05, 0) is 0 Å². The summed E-state index contributed by atoms with van der Waals surface area (Å²) in [6.07, 6.45) is -7.78. The van der Waals surface area contributed by atoms with Crippen LogP contribution in [0.3, 0.4) is 0 Å². The van der Waals surface area contributed by atoms with Crippen molar-refractivity contribution in [1.29, 1.82) is 0 Å². The molecular formula is C24H38N7O19P3S. The van der Waals surface area contributed by atoms with Crippen molar-refractivity contribution < 1.29 is 90.4 Å². The van der Waals surface area contributed by atoms with Crippen LogP contribution in [0.15, 0.2) is 12.7 Å². The van der Waals surface area contributed by atoms with Crippen molar-refractivity contribution in [2.24, 2.45) is 5.41 Å². The van der Waals surface area contributed by atoms with Gasteiger partial charge in [0, 0.05) is 30.7 Å². The van der Waals surface area contributed by atoms with E-state index in [1.54, 1.807) is 0 Å². The molecule has 3 rings (SSSR count). The third-order valence-electron chi connectivity index (χ3n) is 7.06. The number of aliphatic hydroxyl groups excluding tert-OH is 2. The zero-order chi connectivity index (χ0) is 40.6. The standard InChI is InChI=1S/C24H38N7O19P3S/c1-24(2,19(37)22(38)27-4-3-13(32)26-5-6-54-15(35)7-14(33)34)9-47-53(44,45)50-52(42,43)46-8-12-18(49-51(39,40)41)17(36)23(48-12)31-11-30-16-20(25)28-10-29-21(16)31/h10-12,17-19,23,36-37H,3-9H2,1-2H3,(H,26,32)(H,27,38)(H,33,34)(H,42,43)(H,44,45)(H2,25,28,29)(H2,39,40,41)/t12-,17+,18+,19+,23-/m0/s1. The number of carboxylic acids is 1. The number of nitrogens with zero attached hydrogens (tertiary/aromatic N) is 4. The van der Waals surface area contributed by atoms with Crippen molar-refractivity contribution >= 4 is 75.1 Å². The Bertz CT molecular complexity index is 1830. The molecule has 0 aromatic carbocycles. The highest BCUT2D eigenvalue weighted by Crippen LogP contribution is 2.61. The number of phosphoric ester groups is 3. The van der Waals surface area contributed by atoms with Crippen LogP contribution in [-0.2, 0) is 55.5 Å². The predicted molar refractivity (Wildman–Crippen MR) is 179 cm³/mol. The van der Waals surface area contributed by atoms with Crippen LogP contribution in [0.25, 0.3) is 11.2 Å². The summed E-state index contributed by atoms with van der Waals surface area (Å²) in [5.41, 5.74) is 4.19. The van der Waals surface area contributed by atoms with Crippen molar-refractivity contribution in [3.8, 4) is 0 Å². The zero-order valence-corrected chi connectivity index (χ0v) is 31.6. The van der Waals surface area contributed by atoms with Crippen molar-refractivity contribution in [2.75, 3.05) is 37.8 Å². The number of nitrogen functional groups attached to an aromatic ring is 1. The van der Waals surface area contributed by atoms with Gasteiger partial charge >= 0.3 is 29.4 Å². The van der Waals surface area contributed by atoms with E-state index >= 15 is 0 Å². The van der Waals surface area contributed by atoms with Crippen LogP contribution >= 0.6 is 35.2 Å². The van der Waals surface area contributed by atoms with Gasteiger partial charge in [-0.3, -0.25) is 37.3 Å². The Morgan fingerprint density at radius 3 is 2.37 bits per heavy atom. The first kappa shape index (κ1) is 45.4. The molecule has 3 heterocycles. The Morgan fingerprint density at radius 1 is 1.06 bits per heavy atom. The van der Waals surface area contributed by atoms with E-state index in [9.17, 15) is 62.7 Å². The molecule has 2 aromatic rings. The molecule has 2 amide bonds. The number of thioether (sulfide) groups is 1. The number of carbonyl (C=O) groups excluding carboxylic acids is 3. The molecule has 1 saturated heterocycles. The van der Waals surface area contributed by atoms with Gasteiger partial charge in [0.05, 0.1) is 19.5 Å². The summed E-state index contributed by atoms with van der Waals surface area (Å²) in [6, 6.07) is 0. The van der Waals surface area contributed by atoms with Crippen molar-refractivity contribution in [3.05, 3.63) is 12.7 Å². The number of carboxylic acid groups (broad SMARTS) is 1. The molecular weight excluding hydrogens is 815 g/mol. The molecule has 0 saturated carbocycles. The van der Waals surface area contributed by atoms with Gasteiger partial charge in [-0.1, -0.05) is 25.6 Å². The summed E-state index contributed by atoms with van der Waals surface area (Å²) < 4.78 is 61.8. The number of imidazole rings is 1. The quantitative estimate of drug-likeness (QED) is 0.0374. The summed E-state index contributed by atoms with van der Waals surface area (Å²) in [5, 5.41) is 34.0. The van der Waals surface area contributed by atoms with E-state index in [-0.39, 0.29) is 42.2 Å². The number of anilines is 1. The van der Waals surface area contributed by atoms with Crippen LogP contribution in [0.1, 0.15) is 32.9 Å². The van der Waals surface area contributed by atoms with E-state index < -0.39 is 102 Å². The van der Waals surface area contributed by atoms with Gasteiger partial charge in [-0.25, -0.2) is 28.6 Å².